The molecule has 5 rings (SSSR count). The Morgan fingerprint density at radius 2 is 2.06 bits per heavy atom. The zero-order chi connectivity index (χ0) is 35.0. The molecule has 2 amide bonds. The predicted octanol–water partition coefficient (Wildman–Crippen LogP) is 0.190. The first-order valence-corrected chi connectivity index (χ1v) is 17.1. The zero-order valence-corrected chi connectivity index (χ0v) is 27.8. The molecule has 0 spiro atoms. The molecule has 3 aliphatic heterocycles. The minimum atomic E-state index is -5.03. The Bertz CT molecular complexity index is 1760. The van der Waals surface area contributed by atoms with Gasteiger partial charge in [0, 0.05) is 23.5 Å². The maximum Gasteiger partial charge on any atom is 0.418 e. The summed E-state index contributed by atoms with van der Waals surface area (Å²) in [5.41, 5.74) is 3.07. The third-order valence-corrected chi connectivity index (χ3v) is 9.42. The van der Waals surface area contributed by atoms with E-state index in [4.69, 9.17) is 25.3 Å². The van der Waals surface area contributed by atoms with Crippen molar-refractivity contribution in [2.45, 2.75) is 75.8 Å². The maximum absolute atomic E-state index is 13.5. The summed E-state index contributed by atoms with van der Waals surface area (Å²) in [7, 11) is -5.03. The summed E-state index contributed by atoms with van der Waals surface area (Å²) in [6.45, 7) is 5.66. The Kier molecular flexibility index (Phi) is 9.66. The fraction of sp³-hybridized carbons (Fsp3) is 0.500. The number of hydroxylamine groups is 2. The van der Waals surface area contributed by atoms with Gasteiger partial charge >= 0.3 is 16.4 Å². The van der Waals surface area contributed by atoms with Crippen LogP contribution in [-0.2, 0) is 40.3 Å². The van der Waals surface area contributed by atoms with Gasteiger partial charge < -0.3 is 36.4 Å². The molecule has 8 N–H and O–H groups in total. The van der Waals surface area contributed by atoms with Gasteiger partial charge in [0.1, 0.15) is 23.3 Å². The molecule has 1 aromatic carbocycles. The quantitative estimate of drug-likeness (QED) is 0.0540. The Hall–Kier alpha value is -4.37. The Morgan fingerprint density at radius 3 is 2.67 bits per heavy atom. The lowest BCUT2D eigenvalue weighted by Crippen LogP contribution is -2.76. The molecule has 0 aliphatic carbocycles. The van der Waals surface area contributed by atoms with Crippen LogP contribution in [0, 0.1) is 5.41 Å². The highest BCUT2D eigenvalue weighted by Crippen LogP contribution is 2.35. The number of carbonyl (C=O) groups excluding carboxylic acids is 2. The summed E-state index contributed by atoms with van der Waals surface area (Å²) >= 11 is 0.967. The molecule has 260 valence electrons. The number of nitrogens with two attached hydrogens (primary N) is 1. The number of nitrogen functional groups attached to an aromatic ring is 1. The predicted molar refractivity (Wildman–Crippen MR) is 171 cm³/mol. The molecule has 4 heterocycles. The van der Waals surface area contributed by atoms with Gasteiger partial charge in [-0.3, -0.25) is 19.6 Å². The van der Waals surface area contributed by atoms with Gasteiger partial charge in [0.15, 0.2) is 16.9 Å². The van der Waals surface area contributed by atoms with E-state index < -0.39 is 57.2 Å². The molecule has 0 bridgehead atoms. The van der Waals surface area contributed by atoms with Crippen molar-refractivity contribution in [1.82, 2.24) is 26.0 Å². The van der Waals surface area contributed by atoms with E-state index in [1.807, 2.05) is 6.07 Å². The second-order valence-corrected chi connectivity index (χ2v) is 14.1. The van der Waals surface area contributed by atoms with E-state index in [2.05, 4.69) is 30.4 Å². The number of amidine groups is 1. The fourth-order valence-corrected chi connectivity index (χ4v) is 6.59. The summed E-state index contributed by atoms with van der Waals surface area (Å²) in [6, 6.07) is 4.06. The molecular weight excluding hydrogens is 672 g/mol. The number of nitrogens with zero attached hydrogens (tertiary/aromatic N) is 3. The van der Waals surface area contributed by atoms with Crippen LogP contribution in [0.4, 0.5) is 5.13 Å². The fourth-order valence-electron chi connectivity index (χ4n) is 5.58. The van der Waals surface area contributed by atoms with Gasteiger partial charge in [-0.1, -0.05) is 5.16 Å². The monoisotopic (exact) mass is 708 g/mol. The second-order valence-electron chi connectivity index (χ2n) is 12.2. The molecule has 3 aliphatic rings. The van der Waals surface area contributed by atoms with Crippen LogP contribution in [0.25, 0.3) is 0 Å². The van der Waals surface area contributed by atoms with E-state index in [1.165, 1.54) is 26.2 Å². The number of oxime groups is 1. The summed E-state index contributed by atoms with van der Waals surface area (Å²) in [5.74, 6) is -2.74. The first kappa shape index (κ1) is 35.0. The number of aliphatic carboxylic acids is 1. The van der Waals surface area contributed by atoms with Crippen molar-refractivity contribution in [2.24, 2.45) is 5.16 Å². The van der Waals surface area contributed by atoms with Crippen LogP contribution in [0.5, 0.6) is 5.75 Å². The number of nitrogens with one attached hydrogen (secondary N) is 4. The highest BCUT2D eigenvalue weighted by molar-refractivity contribution is 7.80. The number of hydrogen-bond acceptors (Lipinski definition) is 14. The van der Waals surface area contributed by atoms with Crippen molar-refractivity contribution < 1.29 is 46.3 Å². The van der Waals surface area contributed by atoms with Crippen molar-refractivity contribution in [1.29, 1.82) is 5.41 Å². The van der Waals surface area contributed by atoms with Crippen LogP contribution in [0.3, 0.4) is 0 Å². The zero-order valence-electron chi connectivity index (χ0n) is 26.2. The van der Waals surface area contributed by atoms with Crippen LogP contribution < -0.4 is 26.4 Å². The molecule has 0 unspecified atom stereocenters. The van der Waals surface area contributed by atoms with Gasteiger partial charge in [0.2, 0.25) is 0 Å². The number of rotatable bonds is 11. The number of ether oxygens (including phenoxy) is 1. The van der Waals surface area contributed by atoms with E-state index in [1.54, 1.807) is 12.1 Å². The minimum absolute atomic E-state index is 0.0607. The van der Waals surface area contributed by atoms with Gasteiger partial charge in [0.25, 0.3) is 17.4 Å². The largest absolute Gasteiger partial charge is 0.485 e. The number of benzene rings is 1. The SMILES string of the molecule is CC1(C)[C@H](NC(=O)/C(=N\O[C@](C)(C(=O)O)[C@H]2CCCc3cc(C(=N)N[C@H]4CCNC4)ccc3O2)c2csc(N)n2)C(=O)N1OS(=O)(=O)O. The van der Waals surface area contributed by atoms with Crippen LogP contribution in [0.2, 0.25) is 0 Å². The number of amides is 2. The van der Waals surface area contributed by atoms with Gasteiger partial charge in [-0.25, -0.2) is 9.78 Å². The molecule has 20 heteroatoms. The molecular formula is C28H36N8O10S2. The van der Waals surface area contributed by atoms with E-state index in [0.29, 0.717) is 29.2 Å². The van der Waals surface area contributed by atoms with Crippen LogP contribution in [-0.4, -0.2) is 99.9 Å². The smallest absolute Gasteiger partial charge is 0.418 e. The topological polar surface area (TPSA) is 268 Å². The van der Waals surface area contributed by atoms with E-state index in [0.717, 1.165) is 36.4 Å². The van der Waals surface area contributed by atoms with E-state index in [9.17, 15) is 27.9 Å². The third kappa shape index (κ3) is 7.21. The minimum Gasteiger partial charge on any atom is -0.485 e. The number of anilines is 1. The number of aryl methyl sites for hydroxylation is 1. The van der Waals surface area contributed by atoms with E-state index in [-0.39, 0.29) is 29.1 Å². The number of thiazole rings is 1. The van der Waals surface area contributed by atoms with Crippen molar-refractivity contribution >= 4 is 56.2 Å². The molecule has 2 saturated heterocycles. The highest BCUT2D eigenvalue weighted by atomic mass is 32.3. The van der Waals surface area contributed by atoms with E-state index >= 15 is 0 Å². The number of aromatic nitrogens is 1. The summed E-state index contributed by atoms with van der Waals surface area (Å²) < 4.78 is 41.9. The van der Waals surface area contributed by atoms with Crippen molar-refractivity contribution in [3.8, 4) is 5.75 Å². The molecule has 18 nitrogen and oxygen atoms in total. The number of hydrogen-bond donors (Lipinski definition) is 7. The van der Waals surface area contributed by atoms with Gasteiger partial charge in [-0.2, -0.15) is 13.5 Å². The number of carbonyl (C=O) groups is 3. The first-order chi connectivity index (χ1) is 22.5. The van der Waals surface area contributed by atoms with Crippen LogP contribution >= 0.6 is 11.3 Å². The van der Waals surface area contributed by atoms with Crippen molar-refractivity contribution in [2.75, 3.05) is 18.8 Å². The van der Waals surface area contributed by atoms with Gasteiger partial charge in [-0.15, -0.1) is 15.6 Å². The van der Waals surface area contributed by atoms with Gasteiger partial charge in [0.05, 0.1) is 5.54 Å². The average Bonchev–Trinajstić information content (AvgIpc) is 3.64. The molecule has 0 radical (unpaired) electrons. The standard InChI is InChI=1S/C28H36N8O10S2/c1-27(2)21(24(38)36(27)46-48(41,42)43)34-23(37)20(17-13-47-26(30)33-17)35-45-28(3,25(39)40)19-6-4-5-14-11-15(7-8-18(14)44-19)22(29)32-16-9-10-31-12-16/h7-8,11,13,16,19,21,31H,4-6,9-10,12H2,1-3H3,(H2,29,32)(H2,30,33)(H,34,37)(H,39,40)(H,41,42,43)/b35-20-/t16-,19+,21+,28-/m0/s1. The summed E-state index contributed by atoms with van der Waals surface area (Å²) in [4.78, 5) is 48.5. The normalized spacial score (nSPS) is 23.5. The number of carboxylic acids is 1. The maximum atomic E-state index is 13.5. The third-order valence-electron chi connectivity index (χ3n) is 8.41. The van der Waals surface area contributed by atoms with Crippen molar-refractivity contribution in [3.63, 3.8) is 0 Å². The van der Waals surface area contributed by atoms with Crippen LogP contribution in [0.15, 0.2) is 28.7 Å². The lowest BCUT2D eigenvalue weighted by atomic mass is 9.84. The summed E-state index contributed by atoms with van der Waals surface area (Å²) in [6.07, 6.45) is 1.14. The Balaban J connectivity index is 1.36. The first-order valence-electron chi connectivity index (χ1n) is 14.9. The van der Waals surface area contributed by atoms with Gasteiger partial charge in [-0.05, 0) is 76.8 Å². The average molecular weight is 709 g/mol. The number of β-lactam (4-membered cyclic amide) rings is 1. The number of fused-ring (bicyclic) bond motifs is 1. The molecule has 2 aromatic rings. The lowest BCUT2D eigenvalue weighted by Gasteiger charge is -2.50. The highest BCUT2D eigenvalue weighted by Gasteiger charge is 2.58. The van der Waals surface area contributed by atoms with Crippen molar-refractivity contribution in [3.05, 3.63) is 40.4 Å². The number of carboxylic acid groups (broad SMARTS) is 1. The summed E-state index contributed by atoms with van der Waals surface area (Å²) in [5, 5.41) is 33.4. The van der Waals surface area contributed by atoms with Crippen LogP contribution in [0.1, 0.15) is 56.9 Å². The Labute approximate surface area is 279 Å². The lowest BCUT2D eigenvalue weighted by molar-refractivity contribution is -0.218. The Morgan fingerprint density at radius 1 is 1.31 bits per heavy atom. The molecule has 48 heavy (non-hydrogen) atoms. The molecule has 0 saturated carbocycles. The molecule has 1 aromatic heterocycles. The second kappa shape index (κ2) is 13.3. The molecule has 4 atom stereocenters. The molecule has 2 fully saturated rings.